The summed E-state index contributed by atoms with van der Waals surface area (Å²) in [5.74, 6) is -0.321. The van der Waals surface area contributed by atoms with Crippen molar-refractivity contribution in [3.8, 4) is 0 Å². The maximum absolute atomic E-state index is 12.2. The molecule has 20 heavy (non-hydrogen) atoms. The van der Waals surface area contributed by atoms with E-state index in [0.29, 0.717) is 31.5 Å². The fourth-order valence-corrected chi connectivity index (χ4v) is 3.20. The minimum Gasteiger partial charge on any atom is -0.397 e. The maximum atomic E-state index is 12.2. The smallest absolute Gasteiger partial charge is 0.255 e. The summed E-state index contributed by atoms with van der Waals surface area (Å²) in [5, 5.41) is 3.45. The molecule has 1 amide bonds. The molecule has 0 unspecified atom stereocenters. The van der Waals surface area contributed by atoms with Gasteiger partial charge in [0, 0.05) is 14.5 Å². The number of nitrogen functional groups attached to an aromatic ring is 1. The van der Waals surface area contributed by atoms with E-state index in [-0.39, 0.29) is 5.91 Å². The Labute approximate surface area is 142 Å². The van der Waals surface area contributed by atoms with Crippen LogP contribution in [0.25, 0.3) is 0 Å². The number of halogens is 4. The average Bonchev–Trinajstić information content (AvgIpc) is 2.36. The zero-order valence-electron chi connectivity index (χ0n) is 9.88. The summed E-state index contributed by atoms with van der Waals surface area (Å²) in [4.78, 5) is 12.2. The molecule has 0 aliphatic heterocycles. The molecule has 0 bridgehead atoms. The van der Waals surface area contributed by atoms with Crippen molar-refractivity contribution >= 4 is 72.3 Å². The number of carbonyl (C=O) groups is 1. The molecule has 0 atom stereocenters. The predicted octanol–water partition coefficient (Wildman–Crippen LogP) is 5.35. The number of carbonyl (C=O) groups excluding carboxylic acids is 1. The standard InChI is InChI=1S/C13H8Br2Cl2N2O/c14-7-4-8(15)12(11(18)5-7)19-13(20)6-1-2-9(16)10(17)3-6/h1-5H,18H2,(H,19,20). The second-order valence-corrected chi connectivity index (χ2v) is 6.52. The minimum atomic E-state index is -0.321. The molecule has 0 saturated carbocycles. The van der Waals surface area contributed by atoms with Gasteiger partial charge in [-0.1, -0.05) is 39.1 Å². The van der Waals surface area contributed by atoms with Gasteiger partial charge in [-0.15, -0.1) is 0 Å². The Morgan fingerprint density at radius 1 is 1.10 bits per heavy atom. The number of benzene rings is 2. The van der Waals surface area contributed by atoms with Crippen LogP contribution in [0.4, 0.5) is 11.4 Å². The van der Waals surface area contributed by atoms with Crippen LogP contribution in [0.1, 0.15) is 10.4 Å². The molecule has 0 saturated heterocycles. The zero-order chi connectivity index (χ0) is 14.9. The van der Waals surface area contributed by atoms with Crippen LogP contribution in [0.3, 0.4) is 0 Å². The first-order chi connectivity index (χ1) is 9.38. The van der Waals surface area contributed by atoms with Crippen molar-refractivity contribution < 1.29 is 4.79 Å². The van der Waals surface area contributed by atoms with Crippen molar-refractivity contribution in [2.75, 3.05) is 11.1 Å². The van der Waals surface area contributed by atoms with Gasteiger partial charge in [0.05, 0.1) is 21.4 Å². The molecule has 0 radical (unpaired) electrons. The van der Waals surface area contributed by atoms with E-state index in [1.54, 1.807) is 24.3 Å². The van der Waals surface area contributed by atoms with E-state index in [4.69, 9.17) is 28.9 Å². The number of nitrogens with one attached hydrogen (secondary N) is 1. The third kappa shape index (κ3) is 3.47. The Balaban J connectivity index is 2.30. The van der Waals surface area contributed by atoms with E-state index >= 15 is 0 Å². The molecule has 3 nitrogen and oxygen atoms in total. The van der Waals surface area contributed by atoms with E-state index in [0.717, 1.165) is 4.47 Å². The van der Waals surface area contributed by atoms with Crippen LogP contribution in [0, 0.1) is 0 Å². The molecule has 0 aliphatic carbocycles. The lowest BCUT2D eigenvalue weighted by Crippen LogP contribution is -2.13. The van der Waals surface area contributed by atoms with Gasteiger partial charge in [0.2, 0.25) is 0 Å². The summed E-state index contributed by atoms with van der Waals surface area (Å²) in [5.41, 5.74) is 7.23. The molecule has 0 aromatic heterocycles. The van der Waals surface area contributed by atoms with Crippen molar-refractivity contribution in [1.82, 2.24) is 0 Å². The van der Waals surface area contributed by atoms with Crippen LogP contribution < -0.4 is 11.1 Å². The molecule has 0 spiro atoms. The summed E-state index contributed by atoms with van der Waals surface area (Å²) in [7, 11) is 0. The lowest BCUT2D eigenvalue weighted by atomic mass is 10.2. The van der Waals surface area contributed by atoms with Crippen molar-refractivity contribution in [2.24, 2.45) is 0 Å². The number of rotatable bonds is 2. The van der Waals surface area contributed by atoms with Crippen LogP contribution in [0.5, 0.6) is 0 Å². The summed E-state index contributed by atoms with van der Waals surface area (Å²) in [6.45, 7) is 0. The Morgan fingerprint density at radius 3 is 2.40 bits per heavy atom. The van der Waals surface area contributed by atoms with E-state index in [1.807, 2.05) is 0 Å². The molecule has 0 fully saturated rings. The largest absolute Gasteiger partial charge is 0.397 e. The molecule has 0 aliphatic rings. The first kappa shape index (κ1) is 15.6. The van der Waals surface area contributed by atoms with Crippen molar-refractivity contribution in [1.29, 1.82) is 0 Å². The van der Waals surface area contributed by atoms with Crippen molar-refractivity contribution in [3.05, 3.63) is 54.9 Å². The van der Waals surface area contributed by atoms with Gasteiger partial charge in [0.15, 0.2) is 0 Å². The molecule has 0 heterocycles. The maximum Gasteiger partial charge on any atom is 0.255 e. The van der Waals surface area contributed by atoms with E-state index < -0.39 is 0 Å². The first-order valence-corrected chi connectivity index (χ1v) is 7.73. The monoisotopic (exact) mass is 436 g/mol. The van der Waals surface area contributed by atoms with Gasteiger partial charge in [0.25, 0.3) is 5.91 Å². The summed E-state index contributed by atoms with van der Waals surface area (Å²) < 4.78 is 1.49. The van der Waals surface area contributed by atoms with Crippen molar-refractivity contribution in [3.63, 3.8) is 0 Å². The van der Waals surface area contributed by atoms with Crippen LogP contribution in [0.15, 0.2) is 39.3 Å². The summed E-state index contributed by atoms with van der Waals surface area (Å²) in [6, 6.07) is 8.16. The van der Waals surface area contributed by atoms with Gasteiger partial charge in [-0.25, -0.2) is 0 Å². The number of nitrogens with two attached hydrogens (primary N) is 1. The number of amides is 1. The van der Waals surface area contributed by atoms with E-state index in [2.05, 4.69) is 37.2 Å². The average molecular weight is 439 g/mol. The van der Waals surface area contributed by atoms with E-state index in [1.165, 1.54) is 6.07 Å². The van der Waals surface area contributed by atoms with Gasteiger partial charge >= 0.3 is 0 Å². The van der Waals surface area contributed by atoms with Crippen LogP contribution in [-0.2, 0) is 0 Å². The second-order valence-electron chi connectivity index (χ2n) is 3.93. The molecular weight excluding hydrogens is 431 g/mol. The molecule has 3 N–H and O–H groups in total. The van der Waals surface area contributed by atoms with Crippen LogP contribution >= 0.6 is 55.1 Å². The Morgan fingerprint density at radius 2 is 1.80 bits per heavy atom. The topological polar surface area (TPSA) is 55.1 Å². The summed E-state index contributed by atoms with van der Waals surface area (Å²) >= 11 is 18.4. The third-order valence-corrected chi connectivity index (χ3v) is 4.33. The van der Waals surface area contributed by atoms with Gasteiger partial charge in [0.1, 0.15) is 0 Å². The highest BCUT2D eigenvalue weighted by Crippen LogP contribution is 2.33. The van der Waals surface area contributed by atoms with E-state index in [9.17, 15) is 4.79 Å². The molecule has 2 aromatic rings. The normalized spacial score (nSPS) is 10.4. The number of hydrogen-bond donors (Lipinski definition) is 2. The number of anilines is 2. The second kappa shape index (κ2) is 6.35. The fourth-order valence-electron chi connectivity index (χ4n) is 1.55. The molecule has 2 aromatic carbocycles. The molecule has 2 rings (SSSR count). The van der Waals surface area contributed by atoms with Crippen LogP contribution in [-0.4, -0.2) is 5.91 Å². The SMILES string of the molecule is Nc1cc(Br)cc(Br)c1NC(=O)c1ccc(Cl)c(Cl)c1. The predicted molar refractivity (Wildman–Crippen MR) is 90.7 cm³/mol. The van der Waals surface area contributed by atoms with Gasteiger partial charge in [-0.05, 0) is 46.3 Å². The fraction of sp³-hybridized carbons (Fsp3) is 0. The molecular formula is C13H8Br2Cl2N2O. The van der Waals surface area contributed by atoms with Crippen molar-refractivity contribution in [2.45, 2.75) is 0 Å². The third-order valence-electron chi connectivity index (χ3n) is 2.51. The van der Waals surface area contributed by atoms with Gasteiger partial charge in [-0.2, -0.15) is 0 Å². The highest BCUT2D eigenvalue weighted by atomic mass is 79.9. The van der Waals surface area contributed by atoms with Gasteiger partial charge in [-0.3, -0.25) is 4.79 Å². The lowest BCUT2D eigenvalue weighted by Gasteiger charge is -2.11. The Hall–Kier alpha value is -0.750. The highest BCUT2D eigenvalue weighted by Gasteiger charge is 2.13. The zero-order valence-corrected chi connectivity index (χ0v) is 14.6. The lowest BCUT2D eigenvalue weighted by molar-refractivity contribution is 0.102. The highest BCUT2D eigenvalue weighted by molar-refractivity contribution is 9.11. The molecule has 104 valence electrons. The van der Waals surface area contributed by atoms with Gasteiger partial charge < -0.3 is 11.1 Å². The first-order valence-electron chi connectivity index (χ1n) is 5.39. The minimum absolute atomic E-state index is 0.321. The van der Waals surface area contributed by atoms with Crippen LogP contribution in [0.2, 0.25) is 10.0 Å². The Kier molecular flexibility index (Phi) is 4.96. The molecule has 7 heteroatoms. The number of hydrogen-bond acceptors (Lipinski definition) is 2. The summed E-state index contributed by atoms with van der Waals surface area (Å²) in [6.07, 6.45) is 0. The Bertz CT molecular complexity index is 669. The quantitative estimate of drug-likeness (QED) is 0.621.